The molecule has 2 aromatic heterocycles. The van der Waals surface area contributed by atoms with Gasteiger partial charge in [0, 0.05) is 11.1 Å². The monoisotopic (exact) mass is 392 g/mol. The van der Waals surface area contributed by atoms with Crippen molar-refractivity contribution in [2.45, 2.75) is 11.1 Å². The number of thioether (sulfide) groups is 1. The number of pyridine rings is 1. The van der Waals surface area contributed by atoms with Crippen molar-refractivity contribution in [3.05, 3.63) is 53.0 Å². The van der Waals surface area contributed by atoms with Crippen LogP contribution < -0.4 is 4.31 Å². The summed E-state index contributed by atoms with van der Waals surface area (Å²) in [7, 11) is -3.78. The highest BCUT2D eigenvalue weighted by Gasteiger charge is 2.28. The fourth-order valence-electron chi connectivity index (χ4n) is 2.45. The maximum absolute atomic E-state index is 12.8. The van der Waals surface area contributed by atoms with Gasteiger partial charge in [-0.25, -0.2) is 12.7 Å². The van der Waals surface area contributed by atoms with E-state index in [0.29, 0.717) is 10.6 Å². The normalized spacial score (nSPS) is 11.6. The number of rotatable bonds is 4. The number of amides is 1. The topological polar surface area (TPSA) is 67.3 Å². The SMILES string of the molecule is CSc1ccc(C(=O)N(c2ccc3nc(C)ccc3c2)S(C)(=O)=O)s1. The van der Waals surface area contributed by atoms with E-state index in [2.05, 4.69) is 4.98 Å². The van der Waals surface area contributed by atoms with Crippen molar-refractivity contribution in [2.24, 2.45) is 0 Å². The lowest BCUT2D eigenvalue weighted by atomic mass is 10.2. The molecule has 0 bridgehead atoms. The van der Waals surface area contributed by atoms with E-state index < -0.39 is 15.9 Å². The second-order valence-corrected chi connectivity index (χ2v) is 9.51. The van der Waals surface area contributed by atoms with Crippen LogP contribution in [0.15, 0.2) is 46.7 Å². The third kappa shape index (κ3) is 3.70. The maximum atomic E-state index is 12.8. The second kappa shape index (κ2) is 6.78. The van der Waals surface area contributed by atoms with Gasteiger partial charge in [0.1, 0.15) is 0 Å². The first-order chi connectivity index (χ1) is 11.8. The molecule has 25 heavy (non-hydrogen) atoms. The number of benzene rings is 1. The zero-order valence-electron chi connectivity index (χ0n) is 13.9. The summed E-state index contributed by atoms with van der Waals surface area (Å²) in [5.74, 6) is -0.549. The van der Waals surface area contributed by atoms with Crippen molar-refractivity contribution in [2.75, 3.05) is 16.8 Å². The number of carbonyl (C=O) groups excluding carboxylic acids is 1. The average molecular weight is 393 g/mol. The van der Waals surface area contributed by atoms with Gasteiger partial charge in [-0.1, -0.05) is 6.07 Å². The number of anilines is 1. The van der Waals surface area contributed by atoms with Crippen molar-refractivity contribution in [1.29, 1.82) is 0 Å². The Morgan fingerprint density at radius 2 is 1.92 bits per heavy atom. The molecule has 0 saturated carbocycles. The number of hydrogen-bond acceptors (Lipinski definition) is 6. The van der Waals surface area contributed by atoms with Gasteiger partial charge >= 0.3 is 0 Å². The van der Waals surface area contributed by atoms with Gasteiger partial charge in [0.2, 0.25) is 10.0 Å². The van der Waals surface area contributed by atoms with Gasteiger partial charge in [-0.15, -0.1) is 23.1 Å². The van der Waals surface area contributed by atoms with Crippen LogP contribution in [0.3, 0.4) is 0 Å². The van der Waals surface area contributed by atoms with Gasteiger partial charge in [-0.05, 0) is 49.6 Å². The van der Waals surface area contributed by atoms with Crippen molar-refractivity contribution >= 4 is 55.6 Å². The standard InChI is InChI=1S/C17H16N2O3S3/c1-11-4-5-12-10-13(6-7-14(12)18-11)19(25(3,21)22)17(20)15-8-9-16(23-2)24-15/h4-10H,1-3H3. The molecule has 3 aromatic rings. The molecule has 0 aliphatic carbocycles. The molecule has 0 fully saturated rings. The van der Waals surface area contributed by atoms with Gasteiger partial charge in [0.15, 0.2) is 0 Å². The van der Waals surface area contributed by atoms with Crippen LogP contribution in [-0.4, -0.2) is 31.8 Å². The Bertz CT molecular complexity index is 1060. The highest BCUT2D eigenvalue weighted by molar-refractivity contribution is 8.00. The predicted octanol–water partition coefficient (Wildman–Crippen LogP) is 3.93. The van der Waals surface area contributed by atoms with Crippen LogP contribution >= 0.6 is 23.1 Å². The molecule has 1 amide bonds. The minimum atomic E-state index is -3.78. The van der Waals surface area contributed by atoms with Crippen molar-refractivity contribution < 1.29 is 13.2 Å². The molecule has 0 unspecified atom stereocenters. The molecular formula is C17H16N2O3S3. The first kappa shape index (κ1) is 17.9. The Morgan fingerprint density at radius 3 is 2.56 bits per heavy atom. The van der Waals surface area contributed by atoms with Crippen LogP contribution in [0.5, 0.6) is 0 Å². The number of nitrogens with zero attached hydrogens (tertiary/aromatic N) is 2. The number of carbonyl (C=O) groups is 1. The van der Waals surface area contributed by atoms with Crippen molar-refractivity contribution in [3.8, 4) is 0 Å². The van der Waals surface area contributed by atoms with Crippen LogP contribution in [0.25, 0.3) is 10.9 Å². The summed E-state index contributed by atoms with van der Waals surface area (Å²) < 4.78 is 26.4. The van der Waals surface area contributed by atoms with E-state index in [9.17, 15) is 13.2 Å². The summed E-state index contributed by atoms with van der Waals surface area (Å²) in [5.41, 5.74) is 1.94. The number of thiophene rings is 1. The summed E-state index contributed by atoms with van der Waals surface area (Å²) in [6, 6.07) is 12.2. The third-order valence-electron chi connectivity index (χ3n) is 3.56. The number of aryl methyl sites for hydroxylation is 1. The number of hydrogen-bond donors (Lipinski definition) is 0. The minimum absolute atomic E-state index is 0.310. The Hall–Kier alpha value is -1.90. The molecule has 0 N–H and O–H groups in total. The van der Waals surface area contributed by atoms with Crippen molar-refractivity contribution in [1.82, 2.24) is 4.98 Å². The van der Waals surface area contributed by atoms with Crippen LogP contribution in [0, 0.1) is 6.92 Å². The zero-order valence-corrected chi connectivity index (χ0v) is 16.3. The summed E-state index contributed by atoms with van der Waals surface area (Å²) >= 11 is 2.80. The quantitative estimate of drug-likeness (QED) is 0.629. The number of sulfonamides is 1. The van der Waals surface area contributed by atoms with E-state index in [0.717, 1.165) is 31.4 Å². The smallest absolute Gasteiger partial charge is 0.267 e. The largest absolute Gasteiger partial charge is 0.282 e. The maximum Gasteiger partial charge on any atom is 0.282 e. The molecule has 8 heteroatoms. The molecule has 0 saturated heterocycles. The molecule has 3 rings (SSSR count). The first-order valence-electron chi connectivity index (χ1n) is 7.35. The zero-order chi connectivity index (χ0) is 18.2. The van der Waals surface area contributed by atoms with Gasteiger partial charge in [-0.2, -0.15) is 0 Å². The molecule has 0 atom stereocenters. The lowest BCUT2D eigenvalue weighted by Gasteiger charge is -2.20. The minimum Gasteiger partial charge on any atom is -0.267 e. The van der Waals surface area contributed by atoms with Crippen LogP contribution in [-0.2, 0) is 10.0 Å². The molecule has 0 aliphatic heterocycles. The van der Waals surface area contributed by atoms with Gasteiger partial charge in [0.25, 0.3) is 5.91 Å². The molecule has 5 nitrogen and oxygen atoms in total. The Morgan fingerprint density at radius 1 is 1.16 bits per heavy atom. The molecule has 1 aromatic carbocycles. The molecule has 130 valence electrons. The van der Waals surface area contributed by atoms with E-state index in [-0.39, 0.29) is 0 Å². The van der Waals surface area contributed by atoms with E-state index in [1.165, 1.54) is 23.1 Å². The van der Waals surface area contributed by atoms with E-state index >= 15 is 0 Å². The van der Waals surface area contributed by atoms with E-state index in [1.54, 1.807) is 24.3 Å². The predicted molar refractivity (Wildman–Crippen MR) is 104 cm³/mol. The summed E-state index contributed by atoms with van der Waals surface area (Å²) in [6.45, 7) is 1.89. The van der Waals surface area contributed by atoms with Crippen LogP contribution in [0.4, 0.5) is 5.69 Å². The first-order valence-corrected chi connectivity index (χ1v) is 11.2. The average Bonchev–Trinajstić information content (AvgIpc) is 3.03. The molecule has 2 heterocycles. The van der Waals surface area contributed by atoms with Crippen LogP contribution in [0.1, 0.15) is 15.4 Å². The van der Waals surface area contributed by atoms with Crippen molar-refractivity contribution in [3.63, 3.8) is 0 Å². The lowest BCUT2D eigenvalue weighted by molar-refractivity contribution is 0.101. The molecule has 0 spiro atoms. The number of aromatic nitrogens is 1. The summed E-state index contributed by atoms with van der Waals surface area (Å²) in [5, 5.41) is 0.778. The highest BCUT2D eigenvalue weighted by Crippen LogP contribution is 2.30. The van der Waals surface area contributed by atoms with Gasteiger partial charge in [-0.3, -0.25) is 9.78 Å². The number of fused-ring (bicyclic) bond motifs is 1. The Kier molecular flexibility index (Phi) is 4.86. The van der Waals surface area contributed by atoms with E-state index in [1.807, 2.05) is 31.4 Å². The third-order valence-corrected chi connectivity index (χ3v) is 6.75. The Balaban J connectivity index is 2.10. The molecule has 0 radical (unpaired) electrons. The molecular weight excluding hydrogens is 376 g/mol. The summed E-state index contributed by atoms with van der Waals surface area (Å²) in [6.07, 6.45) is 2.94. The Labute approximate surface area is 154 Å². The van der Waals surface area contributed by atoms with Gasteiger partial charge in [0.05, 0.1) is 26.5 Å². The van der Waals surface area contributed by atoms with Gasteiger partial charge < -0.3 is 0 Å². The summed E-state index contributed by atoms with van der Waals surface area (Å²) in [4.78, 5) is 17.6. The van der Waals surface area contributed by atoms with E-state index in [4.69, 9.17) is 0 Å². The molecule has 0 aliphatic rings. The fraction of sp³-hybridized carbons (Fsp3) is 0.176. The van der Waals surface area contributed by atoms with Crippen LogP contribution in [0.2, 0.25) is 0 Å². The highest BCUT2D eigenvalue weighted by atomic mass is 32.2. The fourth-order valence-corrected chi connectivity index (χ4v) is 4.87. The second-order valence-electron chi connectivity index (χ2n) is 5.48. The lowest BCUT2D eigenvalue weighted by Crippen LogP contribution is -2.35.